The predicted molar refractivity (Wildman–Crippen MR) is 105 cm³/mol. The number of nitrogens with one attached hydrogen (secondary N) is 1. The summed E-state index contributed by atoms with van der Waals surface area (Å²) in [6.07, 6.45) is 3.32. The fourth-order valence-corrected chi connectivity index (χ4v) is 4.35. The Balaban J connectivity index is 0.00000182. The molecule has 3 aliphatic heterocycles. The van der Waals surface area contributed by atoms with Crippen LogP contribution in [0.3, 0.4) is 0 Å². The van der Waals surface area contributed by atoms with Crippen molar-refractivity contribution in [2.75, 3.05) is 33.3 Å². The van der Waals surface area contributed by atoms with Crippen molar-refractivity contribution < 1.29 is 13.9 Å². The zero-order valence-electron chi connectivity index (χ0n) is 14.4. The lowest BCUT2D eigenvalue weighted by Gasteiger charge is -2.23. The van der Waals surface area contributed by atoms with Crippen LogP contribution >= 0.6 is 24.0 Å². The van der Waals surface area contributed by atoms with Gasteiger partial charge in [-0.05, 0) is 25.0 Å². The number of guanidine groups is 1. The van der Waals surface area contributed by atoms with Gasteiger partial charge in [-0.2, -0.15) is 0 Å². The molecule has 0 spiro atoms. The van der Waals surface area contributed by atoms with E-state index in [1.165, 1.54) is 18.9 Å². The molecule has 1 aromatic rings. The number of hydrogen-bond donors (Lipinski definition) is 1. The second-order valence-corrected chi connectivity index (χ2v) is 6.78. The average molecular weight is 461 g/mol. The molecule has 3 aliphatic rings. The Labute approximate surface area is 165 Å². The number of likely N-dealkylation sites (tertiary alicyclic amines) is 1. The summed E-state index contributed by atoms with van der Waals surface area (Å²) in [6.45, 7) is 3.02. The normalized spacial score (nSPS) is 30.2. The van der Waals surface area contributed by atoms with Crippen molar-refractivity contribution in [2.45, 2.75) is 25.0 Å². The smallest absolute Gasteiger partial charge is 0.193 e. The van der Waals surface area contributed by atoms with Gasteiger partial charge in [0.2, 0.25) is 0 Å². The monoisotopic (exact) mass is 461 g/mol. The lowest BCUT2D eigenvalue weighted by molar-refractivity contribution is 0.0767. The first-order valence-electron chi connectivity index (χ1n) is 8.74. The summed E-state index contributed by atoms with van der Waals surface area (Å²) in [6, 6.07) is 6.47. The third kappa shape index (κ3) is 3.72. The van der Waals surface area contributed by atoms with Gasteiger partial charge in [-0.3, -0.25) is 4.99 Å². The molecule has 1 N–H and O–H groups in total. The maximum Gasteiger partial charge on any atom is 0.193 e. The largest absolute Gasteiger partial charge is 0.489 e. The van der Waals surface area contributed by atoms with Crippen LogP contribution in [0.1, 0.15) is 12.8 Å². The van der Waals surface area contributed by atoms with Crippen molar-refractivity contribution in [1.82, 2.24) is 10.2 Å². The van der Waals surface area contributed by atoms with Gasteiger partial charge < -0.3 is 19.7 Å². The maximum absolute atomic E-state index is 13.5. The summed E-state index contributed by atoms with van der Waals surface area (Å²) < 4.78 is 25.0. The third-order valence-electron chi connectivity index (χ3n) is 5.44. The minimum absolute atomic E-state index is 0. The molecule has 3 saturated heterocycles. The second kappa shape index (κ2) is 8.07. The summed E-state index contributed by atoms with van der Waals surface area (Å²) in [7, 11) is 1.80. The van der Waals surface area contributed by atoms with E-state index in [0.717, 1.165) is 19.0 Å². The van der Waals surface area contributed by atoms with E-state index in [2.05, 4.69) is 15.2 Å². The number of halogens is 2. The first-order valence-corrected chi connectivity index (χ1v) is 8.74. The Bertz CT molecular complexity index is 612. The minimum atomic E-state index is -0.329. The highest BCUT2D eigenvalue weighted by Gasteiger charge is 2.53. The molecule has 138 valence electrons. The van der Waals surface area contributed by atoms with E-state index in [-0.39, 0.29) is 29.8 Å². The molecule has 0 aromatic heterocycles. The fraction of sp³-hybridized carbons (Fsp3) is 0.611. The van der Waals surface area contributed by atoms with Crippen LogP contribution in [0.25, 0.3) is 0 Å². The number of benzene rings is 1. The van der Waals surface area contributed by atoms with Crippen LogP contribution in [0.2, 0.25) is 0 Å². The topological polar surface area (TPSA) is 46.1 Å². The van der Waals surface area contributed by atoms with Gasteiger partial charge in [0.1, 0.15) is 6.61 Å². The van der Waals surface area contributed by atoms with E-state index in [1.807, 2.05) is 0 Å². The Morgan fingerprint density at radius 1 is 1.28 bits per heavy atom. The van der Waals surface area contributed by atoms with E-state index < -0.39 is 0 Å². The maximum atomic E-state index is 13.5. The molecule has 25 heavy (non-hydrogen) atoms. The molecule has 4 atom stereocenters. The predicted octanol–water partition coefficient (Wildman–Crippen LogP) is 2.51. The standard InChI is InChI=1S/C18H24FN3O2.HI/c1-20-18(21-8-9-23-17-5-3-2-4-14(17)19)22-10-12-13(11-22)16-7-6-15(12)24-16;/h2-5,12-13,15-16H,6-11H2,1H3,(H,20,21);1H. The molecule has 0 saturated carbocycles. The van der Waals surface area contributed by atoms with E-state index in [9.17, 15) is 4.39 Å². The number of para-hydroxylation sites is 1. The van der Waals surface area contributed by atoms with Gasteiger partial charge in [0.05, 0.1) is 18.8 Å². The summed E-state index contributed by atoms with van der Waals surface area (Å²) >= 11 is 0. The van der Waals surface area contributed by atoms with E-state index in [1.54, 1.807) is 25.2 Å². The van der Waals surface area contributed by atoms with E-state index >= 15 is 0 Å². The molecule has 2 bridgehead atoms. The number of aliphatic imine (C=N–C) groups is 1. The van der Waals surface area contributed by atoms with Crippen molar-refractivity contribution >= 4 is 29.9 Å². The van der Waals surface area contributed by atoms with Gasteiger partial charge in [0.25, 0.3) is 0 Å². The van der Waals surface area contributed by atoms with Gasteiger partial charge in [0, 0.05) is 32.0 Å². The molecule has 4 unspecified atom stereocenters. The summed E-state index contributed by atoms with van der Waals surface area (Å²) in [5.74, 6) is 2.17. The van der Waals surface area contributed by atoms with Crippen LogP contribution in [-0.4, -0.2) is 56.4 Å². The highest BCUT2D eigenvalue weighted by atomic mass is 127. The second-order valence-electron chi connectivity index (χ2n) is 6.78. The molecule has 0 amide bonds. The quantitative estimate of drug-likeness (QED) is 0.324. The van der Waals surface area contributed by atoms with Crippen molar-refractivity contribution in [1.29, 1.82) is 0 Å². The summed E-state index contributed by atoms with van der Waals surface area (Å²) in [4.78, 5) is 6.72. The molecule has 4 rings (SSSR count). The van der Waals surface area contributed by atoms with Crippen LogP contribution in [0.4, 0.5) is 4.39 Å². The molecule has 0 aliphatic carbocycles. The highest BCUT2D eigenvalue weighted by Crippen LogP contribution is 2.47. The molecule has 5 nitrogen and oxygen atoms in total. The molecule has 7 heteroatoms. The Morgan fingerprint density at radius 3 is 2.60 bits per heavy atom. The first kappa shape index (κ1) is 18.7. The zero-order chi connectivity index (χ0) is 16.5. The number of rotatable bonds is 4. The number of ether oxygens (including phenoxy) is 2. The molecule has 3 heterocycles. The summed E-state index contributed by atoms with van der Waals surface area (Å²) in [5, 5.41) is 3.33. The first-order chi connectivity index (χ1) is 11.8. The average Bonchev–Trinajstić information content (AvgIpc) is 3.29. The van der Waals surface area contributed by atoms with Crippen molar-refractivity contribution in [3.8, 4) is 5.75 Å². The molecular weight excluding hydrogens is 436 g/mol. The van der Waals surface area contributed by atoms with Crippen LogP contribution in [-0.2, 0) is 4.74 Å². The minimum Gasteiger partial charge on any atom is -0.489 e. The van der Waals surface area contributed by atoms with E-state index in [4.69, 9.17) is 9.47 Å². The van der Waals surface area contributed by atoms with Gasteiger partial charge in [0.15, 0.2) is 17.5 Å². The molecule has 3 fully saturated rings. The highest BCUT2D eigenvalue weighted by molar-refractivity contribution is 14.0. The van der Waals surface area contributed by atoms with Gasteiger partial charge in [-0.15, -0.1) is 24.0 Å². The van der Waals surface area contributed by atoms with Crippen LogP contribution in [0.15, 0.2) is 29.3 Å². The zero-order valence-corrected chi connectivity index (χ0v) is 16.7. The Hall–Kier alpha value is -1.09. The molecule has 1 aromatic carbocycles. The van der Waals surface area contributed by atoms with Crippen molar-refractivity contribution in [3.05, 3.63) is 30.1 Å². The number of hydrogen-bond acceptors (Lipinski definition) is 3. The van der Waals surface area contributed by atoms with Crippen molar-refractivity contribution in [2.24, 2.45) is 16.8 Å². The van der Waals surface area contributed by atoms with Crippen LogP contribution in [0, 0.1) is 17.7 Å². The van der Waals surface area contributed by atoms with Gasteiger partial charge in [-0.25, -0.2) is 4.39 Å². The molecular formula is C18H25FIN3O2. The van der Waals surface area contributed by atoms with Gasteiger partial charge >= 0.3 is 0 Å². The van der Waals surface area contributed by atoms with E-state index in [0.29, 0.717) is 42.9 Å². The summed E-state index contributed by atoms with van der Waals surface area (Å²) in [5.41, 5.74) is 0. The number of fused-ring (bicyclic) bond motifs is 5. The van der Waals surface area contributed by atoms with Crippen LogP contribution < -0.4 is 10.1 Å². The van der Waals surface area contributed by atoms with Gasteiger partial charge in [-0.1, -0.05) is 12.1 Å². The Kier molecular flexibility index (Phi) is 6.04. The third-order valence-corrected chi connectivity index (χ3v) is 5.44. The fourth-order valence-electron chi connectivity index (χ4n) is 4.35. The Morgan fingerprint density at radius 2 is 1.96 bits per heavy atom. The lowest BCUT2D eigenvalue weighted by Crippen LogP contribution is -2.42. The van der Waals surface area contributed by atoms with Crippen LogP contribution in [0.5, 0.6) is 5.75 Å². The van der Waals surface area contributed by atoms with Crippen molar-refractivity contribution in [3.63, 3.8) is 0 Å². The SMILES string of the molecule is CN=C(NCCOc1ccccc1F)N1CC2C3CCC(O3)C2C1.I. The molecule has 0 radical (unpaired) electrons. The number of nitrogens with zero attached hydrogens (tertiary/aromatic N) is 2. The lowest BCUT2D eigenvalue weighted by atomic mass is 9.82.